The van der Waals surface area contributed by atoms with Gasteiger partial charge in [-0.3, -0.25) is 0 Å². The van der Waals surface area contributed by atoms with Crippen LogP contribution in [0.3, 0.4) is 0 Å². The Morgan fingerprint density at radius 2 is 1.95 bits per heavy atom. The molecule has 1 heterocycles. The Morgan fingerprint density at radius 1 is 1.26 bits per heavy atom. The quantitative estimate of drug-likeness (QED) is 0.785. The number of hydrogen-bond donors (Lipinski definition) is 0. The van der Waals surface area contributed by atoms with E-state index in [0.717, 1.165) is 17.8 Å². The second-order valence-electron chi connectivity index (χ2n) is 5.73. The predicted octanol–water partition coefficient (Wildman–Crippen LogP) is 4.25. The van der Waals surface area contributed by atoms with Crippen molar-refractivity contribution in [2.45, 2.75) is 44.9 Å². The average Bonchev–Trinajstić information content (AvgIpc) is 2.86. The summed E-state index contributed by atoms with van der Waals surface area (Å²) in [7, 11) is 0. The molecule has 0 aliphatic heterocycles. The van der Waals surface area contributed by atoms with E-state index in [1.165, 1.54) is 5.56 Å². The number of nitrogens with zero attached hydrogens (tertiary/aromatic N) is 3. The molecule has 0 saturated carbocycles. The first kappa shape index (κ1) is 14.1. The maximum Gasteiger partial charge on any atom is 0.101 e. The third kappa shape index (κ3) is 2.98. The van der Waals surface area contributed by atoms with Gasteiger partial charge in [-0.15, -0.1) is 16.7 Å². The number of rotatable bonds is 3. The van der Waals surface area contributed by atoms with Crippen molar-refractivity contribution in [3.05, 3.63) is 41.7 Å². The molecule has 0 radical (unpaired) electrons. The van der Waals surface area contributed by atoms with Gasteiger partial charge in [-0.2, -0.15) is 0 Å². The van der Waals surface area contributed by atoms with Crippen LogP contribution < -0.4 is 0 Å². The molecule has 1 aromatic carbocycles. The molecule has 1 atom stereocenters. The first-order valence-corrected chi connectivity index (χ1v) is 7.03. The minimum Gasteiger partial charge on any atom is -0.220 e. The smallest absolute Gasteiger partial charge is 0.101 e. The van der Waals surface area contributed by atoms with Crippen LogP contribution in [0.1, 0.15) is 50.8 Å². The molecular formula is C15H20ClN3. The summed E-state index contributed by atoms with van der Waals surface area (Å²) in [4.78, 5) is 0. The largest absolute Gasteiger partial charge is 0.220 e. The Balaban J connectivity index is 2.45. The third-order valence-electron chi connectivity index (χ3n) is 3.15. The highest BCUT2D eigenvalue weighted by atomic mass is 35.5. The molecule has 1 unspecified atom stereocenters. The van der Waals surface area contributed by atoms with E-state index >= 15 is 0 Å². The topological polar surface area (TPSA) is 30.7 Å². The molecule has 3 nitrogen and oxygen atoms in total. The van der Waals surface area contributed by atoms with Crippen LogP contribution in [0.25, 0.3) is 5.69 Å². The predicted molar refractivity (Wildman–Crippen MR) is 78.9 cm³/mol. The van der Waals surface area contributed by atoms with Crippen molar-refractivity contribution in [2.24, 2.45) is 0 Å². The highest BCUT2D eigenvalue weighted by molar-refractivity contribution is 6.20. The summed E-state index contributed by atoms with van der Waals surface area (Å²) < 4.78 is 1.82. The normalized spacial score (nSPS) is 13.5. The van der Waals surface area contributed by atoms with Crippen LogP contribution in [0.5, 0.6) is 0 Å². The summed E-state index contributed by atoms with van der Waals surface area (Å²) in [5, 5.41) is 8.31. The van der Waals surface area contributed by atoms with Crippen molar-refractivity contribution in [1.82, 2.24) is 15.0 Å². The highest BCUT2D eigenvalue weighted by Gasteiger charge is 2.19. The van der Waals surface area contributed by atoms with Gasteiger partial charge in [0.15, 0.2) is 0 Å². The van der Waals surface area contributed by atoms with Gasteiger partial charge in [-0.05, 0) is 23.5 Å². The number of alkyl halides is 1. The standard InChI is InChI=1S/C15H20ClN3/c1-5-12(16)13-10-19(18-17-13)14-9-7-6-8-11(14)15(2,3)4/h6-10,12H,5H2,1-4H3. The molecule has 102 valence electrons. The van der Waals surface area contributed by atoms with Crippen molar-refractivity contribution >= 4 is 11.6 Å². The molecule has 2 aromatic rings. The van der Waals surface area contributed by atoms with Crippen LogP contribution in [0, 0.1) is 0 Å². The Hall–Kier alpha value is -1.35. The van der Waals surface area contributed by atoms with Gasteiger partial charge in [0.25, 0.3) is 0 Å². The SMILES string of the molecule is CCC(Cl)c1cn(-c2ccccc2C(C)(C)C)nn1. The minimum absolute atomic E-state index is 0.0633. The Labute approximate surface area is 119 Å². The molecule has 0 N–H and O–H groups in total. The van der Waals surface area contributed by atoms with Gasteiger partial charge in [-0.1, -0.05) is 51.1 Å². The maximum atomic E-state index is 6.21. The molecule has 4 heteroatoms. The van der Waals surface area contributed by atoms with Crippen LogP contribution in [-0.2, 0) is 5.41 Å². The molecule has 0 fully saturated rings. The van der Waals surface area contributed by atoms with Crippen molar-refractivity contribution in [2.75, 3.05) is 0 Å². The van der Waals surface area contributed by atoms with Gasteiger partial charge in [0.1, 0.15) is 5.69 Å². The fourth-order valence-electron chi connectivity index (χ4n) is 2.05. The van der Waals surface area contributed by atoms with E-state index in [1.54, 1.807) is 0 Å². The van der Waals surface area contributed by atoms with Crippen molar-refractivity contribution in [3.63, 3.8) is 0 Å². The molecular weight excluding hydrogens is 258 g/mol. The average molecular weight is 278 g/mol. The second kappa shape index (κ2) is 5.33. The number of halogens is 1. The van der Waals surface area contributed by atoms with Crippen LogP contribution in [0.4, 0.5) is 0 Å². The maximum absolute atomic E-state index is 6.21. The lowest BCUT2D eigenvalue weighted by Crippen LogP contribution is -2.15. The number of benzene rings is 1. The van der Waals surface area contributed by atoms with E-state index in [0.29, 0.717) is 0 Å². The van der Waals surface area contributed by atoms with E-state index in [1.807, 2.05) is 23.9 Å². The molecule has 0 bridgehead atoms. The van der Waals surface area contributed by atoms with Gasteiger partial charge < -0.3 is 0 Å². The van der Waals surface area contributed by atoms with Crippen LogP contribution in [0.2, 0.25) is 0 Å². The summed E-state index contributed by atoms with van der Waals surface area (Å²) in [6.45, 7) is 8.62. The molecule has 0 saturated heterocycles. The lowest BCUT2D eigenvalue weighted by molar-refractivity contribution is 0.582. The second-order valence-corrected chi connectivity index (χ2v) is 6.26. The van der Waals surface area contributed by atoms with Gasteiger partial charge in [0.2, 0.25) is 0 Å². The first-order chi connectivity index (χ1) is 8.93. The Morgan fingerprint density at radius 3 is 2.58 bits per heavy atom. The summed E-state index contributed by atoms with van der Waals surface area (Å²) in [6, 6.07) is 8.27. The van der Waals surface area contributed by atoms with E-state index < -0.39 is 0 Å². The van der Waals surface area contributed by atoms with E-state index in [9.17, 15) is 0 Å². The lowest BCUT2D eigenvalue weighted by atomic mass is 9.86. The Kier molecular flexibility index (Phi) is 3.95. The summed E-state index contributed by atoms with van der Waals surface area (Å²) in [6.07, 6.45) is 2.77. The van der Waals surface area contributed by atoms with Crippen LogP contribution in [-0.4, -0.2) is 15.0 Å². The first-order valence-electron chi connectivity index (χ1n) is 6.59. The molecule has 0 aliphatic rings. The van der Waals surface area contributed by atoms with Crippen molar-refractivity contribution < 1.29 is 0 Å². The monoisotopic (exact) mass is 277 g/mol. The van der Waals surface area contributed by atoms with Gasteiger partial charge in [-0.25, -0.2) is 4.68 Å². The summed E-state index contributed by atoms with van der Waals surface area (Å²) in [5.74, 6) is 0. The third-order valence-corrected chi connectivity index (χ3v) is 3.68. The van der Waals surface area contributed by atoms with Crippen molar-refractivity contribution in [1.29, 1.82) is 0 Å². The zero-order valence-electron chi connectivity index (χ0n) is 11.9. The summed E-state index contributed by atoms with van der Waals surface area (Å²) >= 11 is 6.21. The van der Waals surface area contributed by atoms with Crippen LogP contribution in [0.15, 0.2) is 30.5 Å². The fraction of sp³-hybridized carbons (Fsp3) is 0.467. The zero-order chi connectivity index (χ0) is 14.0. The molecule has 0 spiro atoms. The number of aromatic nitrogens is 3. The van der Waals surface area contributed by atoms with Crippen molar-refractivity contribution in [3.8, 4) is 5.69 Å². The van der Waals surface area contributed by atoms with Gasteiger partial charge in [0, 0.05) is 0 Å². The van der Waals surface area contributed by atoms with Gasteiger partial charge in [0.05, 0.1) is 17.3 Å². The van der Waals surface area contributed by atoms with Crippen LogP contribution >= 0.6 is 11.6 Å². The van der Waals surface area contributed by atoms with Gasteiger partial charge >= 0.3 is 0 Å². The molecule has 1 aromatic heterocycles. The molecule has 2 rings (SSSR count). The van der Waals surface area contributed by atoms with E-state index in [4.69, 9.17) is 11.6 Å². The molecule has 0 aliphatic carbocycles. The number of hydrogen-bond acceptors (Lipinski definition) is 2. The molecule has 19 heavy (non-hydrogen) atoms. The fourth-order valence-corrected chi connectivity index (χ4v) is 2.15. The van der Waals surface area contributed by atoms with E-state index in [2.05, 4.69) is 49.3 Å². The zero-order valence-corrected chi connectivity index (χ0v) is 12.6. The number of para-hydroxylation sites is 1. The summed E-state index contributed by atoms with van der Waals surface area (Å²) in [5.41, 5.74) is 3.20. The minimum atomic E-state index is -0.0736. The molecule has 0 amide bonds. The van der Waals surface area contributed by atoms with E-state index in [-0.39, 0.29) is 10.8 Å². The highest BCUT2D eigenvalue weighted by Crippen LogP contribution is 2.29. The Bertz CT molecular complexity index is 555. The lowest BCUT2D eigenvalue weighted by Gasteiger charge is -2.22.